The normalized spacial score (nSPS) is 10.7. The molecular weight excluding hydrogens is 230 g/mol. The molecule has 0 aromatic heterocycles. The third-order valence-electron chi connectivity index (χ3n) is 2.30. The number of esters is 1. The first-order valence-electron chi connectivity index (χ1n) is 6.15. The van der Waals surface area contributed by atoms with Crippen LogP contribution in [-0.2, 0) is 16.1 Å². The van der Waals surface area contributed by atoms with E-state index in [2.05, 4.69) is 5.32 Å². The third-order valence-corrected chi connectivity index (χ3v) is 2.30. The molecule has 0 saturated heterocycles. The number of carbonyl (C=O) groups is 1. The van der Waals surface area contributed by atoms with Crippen LogP contribution >= 0.6 is 0 Å². The number of carbonyl (C=O) groups excluding carboxylic acids is 1. The van der Waals surface area contributed by atoms with E-state index in [9.17, 15) is 4.79 Å². The fraction of sp³-hybridized carbons (Fsp3) is 0.500. The average molecular weight is 251 g/mol. The summed E-state index contributed by atoms with van der Waals surface area (Å²) in [4.78, 5) is 11.6. The quantitative estimate of drug-likeness (QED) is 0.594. The van der Waals surface area contributed by atoms with Gasteiger partial charge in [0.05, 0.1) is 24.9 Å². The Hall–Kier alpha value is -1.39. The summed E-state index contributed by atoms with van der Waals surface area (Å²) in [6.07, 6.45) is -0.0953. The van der Waals surface area contributed by atoms with Crippen molar-refractivity contribution in [3.63, 3.8) is 0 Å². The van der Waals surface area contributed by atoms with E-state index in [1.54, 1.807) is 12.1 Å². The molecule has 0 amide bonds. The summed E-state index contributed by atoms with van der Waals surface area (Å²) in [5.74, 6) is -0.285. The molecule has 18 heavy (non-hydrogen) atoms. The minimum atomic E-state index is -0.285. The highest BCUT2D eigenvalue weighted by Gasteiger charge is 2.08. The van der Waals surface area contributed by atoms with Gasteiger partial charge < -0.3 is 14.8 Å². The van der Waals surface area contributed by atoms with Gasteiger partial charge in [0.15, 0.2) is 0 Å². The van der Waals surface area contributed by atoms with Gasteiger partial charge >= 0.3 is 5.97 Å². The molecule has 100 valence electrons. The average Bonchev–Trinajstić information content (AvgIpc) is 2.34. The summed E-state index contributed by atoms with van der Waals surface area (Å²) in [5, 5.41) is 3.01. The minimum Gasteiger partial charge on any atom is -0.459 e. The van der Waals surface area contributed by atoms with Crippen molar-refractivity contribution in [3.8, 4) is 0 Å². The highest BCUT2D eigenvalue weighted by atomic mass is 16.5. The van der Waals surface area contributed by atoms with Gasteiger partial charge in [-0.3, -0.25) is 0 Å². The maximum absolute atomic E-state index is 11.6. The van der Waals surface area contributed by atoms with Crippen molar-refractivity contribution in [2.75, 3.05) is 20.2 Å². The lowest BCUT2D eigenvalue weighted by molar-refractivity contribution is 0.0378. The molecule has 1 N–H and O–H groups in total. The molecule has 0 heterocycles. The molecule has 0 fully saturated rings. The fourth-order valence-corrected chi connectivity index (χ4v) is 1.38. The lowest BCUT2D eigenvalue weighted by Crippen LogP contribution is -2.14. The Morgan fingerprint density at radius 3 is 2.50 bits per heavy atom. The number of likely N-dealkylation sites (N-methyl/N-ethyl adjacent to an activating group) is 1. The third kappa shape index (κ3) is 5.29. The first kappa shape index (κ1) is 14.7. The molecule has 0 atom stereocenters. The molecule has 0 radical (unpaired) electrons. The van der Waals surface area contributed by atoms with E-state index in [1.165, 1.54) is 0 Å². The number of hydrogen-bond donors (Lipinski definition) is 1. The molecule has 0 aliphatic rings. The van der Waals surface area contributed by atoms with Gasteiger partial charge in [-0.25, -0.2) is 4.79 Å². The molecule has 1 aromatic carbocycles. The van der Waals surface area contributed by atoms with Crippen molar-refractivity contribution >= 4 is 5.97 Å². The summed E-state index contributed by atoms with van der Waals surface area (Å²) in [6.45, 7) is 5.73. The van der Waals surface area contributed by atoms with Gasteiger partial charge in [0.1, 0.15) is 0 Å². The van der Waals surface area contributed by atoms with Crippen molar-refractivity contribution in [1.29, 1.82) is 0 Å². The van der Waals surface area contributed by atoms with Gasteiger partial charge in [-0.1, -0.05) is 12.1 Å². The Morgan fingerprint density at radius 2 is 1.94 bits per heavy atom. The molecule has 4 nitrogen and oxygen atoms in total. The summed E-state index contributed by atoms with van der Waals surface area (Å²) in [5.41, 5.74) is 1.62. The van der Waals surface area contributed by atoms with Crippen LogP contribution in [0.4, 0.5) is 0 Å². The number of rotatable bonds is 7. The Kier molecular flexibility index (Phi) is 6.39. The van der Waals surface area contributed by atoms with Crippen LogP contribution in [0.25, 0.3) is 0 Å². The molecule has 4 heteroatoms. The molecule has 0 bridgehead atoms. The van der Waals surface area contributed by atoms with Gasteiger partial charge in [-0.05, 0) is 38.6 Å². The van der Waals surface area contributed by atoms with Crippen LogP contribution < -0.4 is 5.32 Å². The standard InChI is InChI=1S/C14H21NO3/c1-11(2)18-14(16)13-6-4-12(5-7-13)10-17-9-8-15-3/h4-7,11,15H,8-10H2,1-3H3. The molecule has 1 aromatic rings. The van der Waals surface area contributed by atoms with Gasteiger partial charge in [0.2, 0.25) is 0 Å². The lowest BCUT2D eigenvalue weighted by atomic mass is 10.1. The first-order valence-corrected chi connectivity index (χ1v) is 6.15. The summed E-state index contributed by atoms with van der Waals surface area (Å²) < 4.78 is 10.6. The molecular formula is C14H21NO3. The fourth-order valence-electron chi connectivity index (χ4n) is 1.38. The monoisotopic (exact) mass is 251 g/mol. The Balaban J connectivity index is 2.44. The Labute approximate surface area is 108 Å². The molecule has 0 spiro atoms. The van der Waals surface area contributed by atoms with Gasteiger partial charge in [0.25, 0.3) is 0 Å². The number of ether oxygens (including phenoxy) is 2. The van der Waals surface area contributed by atoms with Crippen molar-refractivity contribution in [2.45, 2.75) is 26.6 Å². The van der Waals surface area contributed by atoms with Crippen LogP contribution in [0, 0.1) is 0 Å². The Morgan fingerprint density at radius 1 is 1.28 bits per heavy atom. The van der Waals surface area contributed by atoms with Crippen LogP contribution in [0.3, 0.4) is 0 Å². The first-order chi connectivity index (χ1) is 8.63. The van der Waals surface area contributed by atoms with Crippen LogP contribution in [0.1, 0.15) is 29.8 Å². The predicted octanol–water partition coefficient (Wildman–Crippen LogP) is 1.99. The Bertz CT molecular complexity index is 360. The minimum absolute atomic E-state index is 0.0953. The number of nitrogens with one attached hydrogen (secondary N) is 1. The lowest BCUT2D eigenvalue weighted by Gasteiger charge is -2.08. The molecule has 0 aliphatic carbocycles. The molecule has 0 aliphatic heterocycles. The summed E-state index contributed by atoms with van der Waals surface area (Å²) in [6, 6.07) is 7.30. The van der Waals surface area contributed by atoms with E-state index in [-0.39, 0.29) is 12.1 Å². The summed E-state index contributed by atoms with van der Waals surface area (Å²) >= 11 is 0. The van der Waals surface area contributed by atoms with Crippen LogP contribution in [0.15, 0.2) is 24.3 Å². The maximum atomic E-state index is 11.6. The zero-order chi connectivity index (χ0) is 13.4. The van der Waals surface area contributed by atoms with Gasteiger partial charge in [0, 0.05) is 6.54 Å². The van der Waals surface area contributed by atoms with E-state index in [0.29, 0.717) is 18.8 Å². The van der Waals surface area contributed by atoms with E-state index in [4.69, 9.17) is 9.47 Å². The topological polar surface area (TPSA) is 47.6 Å². The second-order valence-corrected chi connectivity index (χ2v) is 4.31. The SMILES string of the molecule is CNCCOCc1ccc(C(=O)OC(C)C)cc1. The van der Waals surface area contributed by atoms with Crippen molar-refractivity contribution in [2.24, 2.45) is 0 Å². The highest BCUT2D eigenvalue weighted by Crippen LogP contribution is 2.08. The number of hydrogen-bond acceptors (Lipinski definition) is 4. The van der Waals surface area contributed by atoms with Crippen molar-refractivity contribution < 1.29 is 14.3 Å². The molecule has 0 unspecified atom stereocenters. The van der Waals surface area contributed by atoms with E-state index in [0.717, 1.165) is 12.1 Å². The molecule has 0 saturated carbocycles. The van der Waals surface area contributed by atoms with Crippen molar-refractivity contribution in [1.82, 2.24) is 5.32 Å². The van der Waals surface area contributed by atoms with Gasteiger partial charge in [-0.2, -0.15) is 0 Å². The summed E-state index contributed by atoms with van der Waals surface area (Å²) in [7, 11) is 1.89. The number of benzene rings is 1. The molecule has 1 rings (SSSR count). The smallest absolute Gasteiger partial charge is 0.338 e. The highest BCUT2D eigenvalue weighted by molar-refractivity contribution is 5.89. The van der Waals surface area contributed by atoms with Crippen molar-refractivity contribution in [3.05, 3.63) is 35.4 Å². The zero-order valence-corrected chi connectivity index (χ0v) is 11.2. The van der Waals surface area contributed by atoms with Crippen LogP contribution in [0.2, 0.25) is 0 Å². The second kappa shape index (κ2) is 7.84. The zero-order valence-electron chi connectivity index (χ0n) is 11.2. The van der Waals surface area contributed by atoms with E-state index in [1.807, 2.05) is 33.0 Å². The van der Waals surface area contributed by atoms with E-state index < -0.39 is 0 Å². The second-order valence-electron chi connectivity index (χ2n) is 4.31. The van der Waals surface area contributed by atoms with Crippen LogP contribution in [-0.4, -0.2) is 32.3 Å². The van der Waals surface area contributed by atoms with E-state index >= 15 is 0 Å². The van der Waals surface area contributed by atoms with Crippen LogP contribution in [0.5, 0.6) is 0 Å². The maximum Gasteiger partial charge on any atom is 0.338 e. The van der Waals surface area contributed by atoms with Gasteiger partial charge in [-0.15, -0.1) is 0 Å². The predicted molar refractivity (Wildman–Crippen MR) is 70.6 cm³/mol. The largest absolute Gasteiger partial charge is 0.459 e.